The quantitative estimate of drug-likeness (QED) is 0.796. The Balaban J connectivity index is 1.94. The van der Waals surface area contributed by atoms with E-state index >= 15 is 0 Å². The smallest absolute Gasteiger partial charge is 0.276 e. The van der Waals surface area contributed by atoms with Gasteiger partial charge in [0.25, 0.3) is 5.91 Å². The summed E-state index contributed by atoms with van der Waals surface area (Å²) in [4.78, 5) is 28.8. The Bertz CT molecular complexity index is 903. The lowest BCUT2D eigenvalue weighted by Gasteiger charge is -2.10. The maximum absolute atomic E-state index is 12.5. The summed E-state index contributed by atoms with van der Waals surface area (Å²) >= 11 is 0. The van der Waals surface area contributed by atoms with E-state index < -0.39 is 5.91 Å². The molecule has 116 valence electrons. The van der Waals surface area contributed by atoms with Gasteiger partial charge in [0.2, 0.25) is 5.43 Å². The van der Waals surface area contributed by atoms with Crippen LogP contribution in [0, 0.1) is 0 Å². The summed E-state index contributed by atoms with van der Waals surface area (Å²) in [7, 11) is 0. The monoisotopic (exact) mass is 308 g/mol. The molecule has 0 aliphatic heterocycles. The molecular formula is C17H16N4O2. The van der Waals surface area contributed by atoms with Gasteiger partial charge in [-0.15, -0.1) is 0 Å². The zero-order valence-corrected chi connectivity index (χ0v) is 12.7. The van der Waals surface area contributed by atoms with Crippen molar-refractivity contribution in [3.63, 3.8) is 0 Å². The number of para-hydroxylation sites is 1. The van der Waals surface area contributed by atoms with E-state index in [1.54, 1.807) is 41.3 Å². The molecule has 2 aromatic heterocycles. The average molecular weight is 308 g/mol. The zero-order valence-electron chi connectivity index (χ0n) is 12.7. The molecule has 0 unspecified atom stereocenters. The molecule has 6 heteroatoms. The van der Waals surface area contributed by atoms with Gasteiger partial charge in [-0.1, -0.05) is 12.1 Å². The third-order valence-corrected chi connectivity index (χ3v) is 3.58. The van der Waals surface area contributed by atoms with Crippen molar-refractivity contribution in [2.75, 3.05) is 0 Å². The number of carbonyl (C=O) groups excluding carboxylic acids is 1. The highest BCUT2D eigenvalue weighted by Gasteiger charge is 2.16. The topological polar surface area (TPSA) is 76.9 Å². The highest BCUT2D eigenvalue weighted by molar-refractivity contribution is 5.95. The number of fused-ring (bicyclic) bond motifs is 1. The third kappa shape index (κ3) is 2.96. The number of rotatable bonds is 4. The van der Waals surface area contributed by atoms with Gasteiger partial charge in [-0.05, 0) is 36.8 Å². The Morgan fingerprint density at radius 1 is 1.17 bits per heavy atom. The second kappa shape index (κ2) is 6.39. The summed E-state index contributed by atoms with van der Waals surface area (Å²) in [6, 6.07) is 10.8. The number of amides is 1. The lowest BCUT2D eigenvalue weighted by Crippen LogP contribution is -2.31. The zero-order chi connectivity index (χ0) is 16.2. The number of hydrogen-bond donors (Lipinski definition) is 1. The molecule has 3 aromatic rings. The molecule has 0 aliphatic carbocycles. The van der Waals surface area contributed by atoms with Crippen LogP contribution in [0.25, 0.3) is 10.9 Å². The SMILES string of the molecule is CCn1nc(C(=O)NCc2ccncc2)c(=O)c2ccccc21. The standard InChI is InChI=1S/C17H16N4O2/c1-2-21-14-6-4-3-5-13(14)16(22)15(20-21)17(23)19-11-12-7-9-18-10-8-12/h3-10H,2,11H2,1H3,(H,19,23). The molecule has 0 spiro atoms. The molecular weight excluding hydrogens is 292 g/mol. The molecule has 6 nitrogen and oxygen atoms in total. The molecule has 3 rings (SSSR count). The van der Waals surface area contributed by atoms with Crippen molar-refractivity contribution in [1.29, 1.82) is 0 Å². The van der Waals surface area contributed by atoms with Crippen LogP contribution in [-0.2, 0) is 13.1 Å². The fourth-order valence-electron chi connectivity index (χ4n) is 2.39. The molecule has 23 heavy (non-hydrogen) atoms. The Kier molecular flexibility index (Phi) is 4.14. The van der Waals surface area contributed by atoms with E-state index in [2.05, 4.69) is 15.4 Å². The molecule has 1 N–H and O–H groups in total. The van der Waals surface area contributed by atoms with Gasteiger partial charge in [0.15, 0.2) is 5.69 Å². The van der Waals surface area contributed by atoms with Gasteiger partial charge in [-0.2, -0.15) is 5.10 Å². The summed E-state index contributed by atoms with van der Waals surface area (Å²) in [5.41, 5.74) is 1.20. The highest BCUT2D eigenvalue weighted by Crippen LogP contribution is 2.09. The first kappa shape index (κ1) is 14.9. The van der Waals surface area contributed by atoms with E-state index in [-0.39, 0.29) is 11.1 Å². The summed E-state index contributed by atoms with van der Waals surface area (Å²) < 4.78 is 1.66. The summed E-state index contributed by atoms with van der Waals surface area (Å²) in [5.74, 6) is -0.472. The van der Waals surface area contributed by atoms with Crippen LogP contribution in [0.5, 0.6) is 0 Å². The van der Waals surface area contributed by atoms with Crippen molar-refractivity contribution in [3.05, 3.63) is 70.3 Å². The maximum atomic E-state index is 12.5. The Morgan fingerprint density at radius 3 is 2.65 bits per heavy atom. The van der Waals surface area contributed by atoms with Crippen LogP contribution in [0.1, 0.15) is 23.0 Å². The molecule has 2 heterocycles. The van der Waals surface area contributed by atoms with Gasteiger partial charge in [0, 0.05) is 30.9 Å². The molecule has 0 saturated carbocycles. The van der Waals surface area contributed by atoms with Crippen molar-refractivity contribution in [2.45, 2.75) is 20.0 Å². The van der Waals surface area contributed by atoms with Crippen molar-refractivity contribution in [1.82, 2.24) is 20.1 Å². The minimum Gasteiger partial charge on any atom is -0.346 e. The second-order valence-corrected chi connectivity index (χ2v) is 5.05. The normalized spacial score (nSPS) is 10.7. The largest absolute Gasteiger partial charge is 0.346 e. The fourth-order valence-corrected chi connectivity index (χ4v) is 2.39. The lowest BCUT2D eigenvalue weighted by atomic mass is 10.2. The van der Waals surface area contributed by atoms with Crippen molar-refractivity contribution in [2.24, 2.45) is 0 Å². The number of pyridine rings is 1. The van der Waals surface area contributed by atoms with Gasteiger partial charge < -0.3 is 5.32 Å². The Hall–Kier alpha value is -3.02. The van der Waals surface area contributed by atoms with Gasteiger partial charge in [0.05, 0.1) is 5.52 Å². The number of nitrogens with one attached hydrogen (secondary N) is 1. The predicted molar refractivity (Wildman–Crippen MR) is 87.1 cm³/mol. The molecule has 0 fully saturated rings. The van der Waals surface area contributed by atoms with Crippen molar-refractivity contribution in [3.8, 4) is 0 Å². The van der Waals surface area contributed by atoms with Crippen LogP contribution in [0.2, 0.25) is 0 Å². The molecule has 1 aromatic carbocycles. The third-order valence-electron chi connectivity index (χ3n) is 3.58. The maximum Gasteiger partial charge on any atom is 0.276 e. The summed E-state index contributed by atoms with van der Waals surface area (Å²) in [6.07, 6.45) is 3.31. The average Bonchev–Trinajstić information content (AvgIpc) is 2.61. The second-order valence-electron chi connectivity index (χ2n) is 5.05. The molecule has 0 atom stereocenters. The van der Waals surface area contributed by atoms with E-state index in [0.29, 0.717) is 18.5 Å². The van der Waals surface area contributed by atoms with Crippen molar-refractivity contribution >= 4 is 16.8 Å². The number of carbonyl (C=O) groups is 1. The highest BCUT2D eigenvalue weighted by atomic mass is 16.2. The van der Waals surface area contributed by atoms with E-state index in [0.717, 1.165) is 11.1 Å². The lowest BCUT2D eigenvalue weighted by molar-refractivity contribution is 0.0942. The number of aryl methyl sites for hydroxylation is 1. The number of aromatic nitrogens is 3. The predicted octanol–water partition coefficient (Wildman–Crippen LogP) is 1.74. The van der Waals surface area contributed by atoms with Crippen molar-refractivity contribution < 1.29 is 4.79 Å². The van der Waals surface area contributed by atoms with E-state index in [1.807, 2.05) is 19.1 Å². The number of hydrogen-bond acceptors (Lipinski definition) is 4. The minimum atomic E-state index is -0.472. The van der Waals surface area contributed by atoms with Gasteiger partial charge in [-0.3, -0.25) is 19.3 Å². The first-order chi connectivity index (χ1) is 11.2. The van der Waals surface area contributed by atoms with Crippen LogP contribution in [0.4, 0.5) is 0 Å². The van der Waals surface area contributed by atoms with Crippen LogP contribution >= 0.6 is 0 Å². The molecule has 1 amide bonds. The van der Waals surface area contributed by atoms with Gasteiger partial charge >= 0.3 is 0 Å². The van der Waals surface area contributed by atoms with E-state index in [9.17, 15) is 9.59 Å². The Labute approximate surface area is 132 Å². The molecule has 0 bridgehead atoms. The Morgan fingerprint density at radius 2 is 1.91 bits per heavy atom. The summed E-state index contributed by atoms with van der Waals surface area (Å²) in [6.45, 7) is 2.81. The first-order valence-electron chi connectivity index (χ1n) is 7.37. The molecule has 0 radical (unpaired) electrons. The van der Waals surface area contributed by atoms with Crippen LogP contribution < -0.4 is 10.7 Å². The number of benzene rings is 1. The van der Waals surface area contributed by atoms with E-state index in [1.165, 1.54) is 0 Å². The van der Waals surface area contributed by atoms with E-state index in [4.69, 9.17) is 0 Å². The summed E-state index contributed by atoms with van der Waals surface area (Å²) in [5, 5.41) is 7.44. The van der Waals surface area contributed by atoms with Crippen LogP contribution in [-0.4, -0.2) is 20.7 Å². The molecule has 0 aliphatic rings. The molecule has 0 saturated heterocycles. The first-order valence-corrected chi connectivity index (χ1v) is 7.37. The fraction of sp³-hybridized carbons (Fsp3) is 0.176. The van der Waals surface area contributed by atoms with Gasteiger partial charge in [0.1, 0.15) is 0 Å². The minimum absolute atomic E-state index is 0.0837. The number of nitrogens with zero attached hydrogens (tertiary/aromatic N) is 3. The van der Waals surface area contributed by atoms with Crippen LogP contribution in [0.3, 0.4) is 0 Å². The van der Waals surface area contributed by atoms with Crippen LogP contribution in [0.15, 0.2) is 53.6 Å². The van der Waals surface area contributed by atoms with Gasteiger partial charge in [-0.25, -0.2) is 0 Å².